The number of carbonyl (C=O) groups is 1. The Morgan fingerprint density at radius 3 is 2.10 bits per heavy atom. The Hall–Kier alpha value is -0.330. The number of Topliss-reactive ketones (excluding diaryl/α,β-unsaturated/α-hetero) is 1. The molecule has 0 rings (SSSR count). The van der Waals surface area contributed by atoms with Gasteiger partial charge in [0.15, 0.2) is 0 Å². The molecule has 1 nitrogen and oxygen atoms in total. The highest BCUT2D eigenvalue weighted by Crippen LogP contribution is 2.24. The van der Waals surface area contributed by atoms with Crippen molar-refractivity contribution in [3.63, 3.8) is 0 Å². The summed E-state index contributed by atoms with van der Waals surface area (Å²) in [4.78, 5) is 11.2. The molecule has 0 fully saturated rings. The second-order valence-electron chi connectivity index (χ2n) is 3.41. The molecule has 0 radical (unpaired) electrons. The van der Waals surface area contributed by atoms with Gasteiger partial charge in [-0.15, -0.1) is 0 Å². The first-order chi connectivity index (χ1) is 4.54. The first kappa shape index (κ1) is 9.67. The van der Waals surface area contributed by atoms with Gasteiger partial charge in [-0.2, -0.15) is 0 Å². The lowest BCUT2D eigenvalue weighted by atomic mass is 9.82. The standard InChI is InChI=1S/C9H18O/c1-5-7-9(3,4)8(10)6-2/h5-7H2,1-4H3. The van der Waals surface area contributed by atoms with Crippen LogP contribution in [0, 0.1) is 5.41 Å². The van der Waals surface area contributed by atoms with Crippen molar-refractivity contribution < 1.29 is 4.79 Å². The van der Waals surface area contributed by atoms with Gasteiger partial charge in [0.25, 0.3) is 0 Å². The van der Waals surface area contributed by atoms with Crippen LogP contribution >= 0.6 is 0 Å². The van der Waals surface area contributed by atoms with Crippen LogP contribution in [0.25, 0.3) is 0 Å². The maximum atomic E-state index is 11.2. The van der Waals surface area contributed by atoms with Crippen LogP contribution in [0.4, 0.5) is 0 Å². The first-order valence-electron chi connectivity index (χ1n) is 4.08. The highest BCUT2D eigenvalue weighted by molar-refractivity contribution is 5.83. The van der Waals surface area contributed by atoms with E-state index in [0.717, 1.165) is 12.8 Å². The van der Waals surface area contributed by atoms with Gasteiger partial charge < -0.3 is 0 Å². The summed E-state index contributed by atoms with van der Waals surface area (Å²) >= 11 is 0. The lowest BCUT2D eigenvalue weighted by Gasteiger charge is -2.20. The second-order valence-corrected chi connectivity index (χ2v) is 3.41. The molecule has 0 bridgehead atoms. The molecule has 0 saturated carbocycles. The molecule has 0 aromatic carbocycles. The fraction of sp³-hybridized carbons (Fsp3) is 0.889. The summed E-state index contributed by atoms with van der Waals surface area (Å²) in [7, 11) is 0. The molecule has 10 heavy (non-hydrogen) atoms. The Kier molecular flexibility index (Phi) is 3.62. The fourth-order valence-electron chi connectivity index (χ4n) is 1.24. The van der Waals surface area contributed by atoms with Gasteiger partial charge in [0.1, 0.15) is 5.78 Å². The van der Waals surface area contributed by atoms with Gasteiger partial charge in [0, 0.05) is 11.8 Å². The van der Waals surface area contributed by atoms with E-state index in [1.54, 1.807) is 0 Å². The zero-order valence-electron chi connectivity index (χ0n) is 7.53. The summed E-state index contributed by atoms with van der Waals surface area (Å²) < 4.78 is 0. The van der Waals surface area contributed by atoms with E-state index < -0.39 is 0 Å². The van der Waals surface area contributed by atoms with E-state index in [9.17, 15) is 4.79 Å². The fourth-order valence-corrected chi connectivity index (χ4v) is 1.24. The van der Waals surface area contributed by atoms with Crippen molar-refractivity contribution in [1.29, 1.82) is 0 Å². The predicted octanol–water partition coefficient (Wildman–Crippen LogP) is 2.79. The van der Waals surface area contributed by atoms with Gasteiger partial charge in [-0.3, -0.25) is 4.79 Å². The lowest BCUT2D eigenvalue weighted by Crippen LogP contribution is -2.22. The van der Waals surface area contributed by atoms with E-state index >= 15 is 0 Å². The minimum Gasteiger partial charge on any atom is -0.299 e. The molecule has 0 heterocycles. The molecule has 0 unspecified atom stereocenters. The summed E-state index contributed by atoms with van der Waals surface area (Å²) in [6.07, 6.45) is 2.78. The quantitative estimate of drug-likeness (QED) is 0.590. The van der Waals surface area contributed by atoms with E-state index in [4.69, 9.17) is 0 Å². The Balaban J connectivity index is 3.96. The molecule has 0 saturated heterocycles. The maximum absolute atomic E-state index is 11.2. The molecule has 0 aliphatic carbocycles. The smallest absolute Gasteiger partial charge is 0.138 e. The number of carbonyl (C=O) groups excluding carboxylic acids is 1. The second kappa shape index (κ2) is 3.75. The molecule has 60 valence electrons. The van der Waals surface area contributed by atoms with Crippen LogP contribution in [-0.4, -0.2) is 5.78 Å². The van der Waals surface area contributed by atoms with E-state index in [-0.39, 0.29) is 5.41 Å². The molecular formula is C9H18O. The Bertz CT molecular complexity index is 114. The van der Waals surface area contributed by atoms with Crippen molar-refractivity contribution in [2.75, 3.05) is 0 Å². The molecule has 0 aromatic rings. The predicted molar refractivity (Wildman–Crippen MR) is 44.0 cm³/mol. The number of hydrogen-bond donors (Lipinski definition) is 0. The van der Waals surface area contributed by atoms with Crippen molar-refractivity contribution in [3.05, 3.63) is 0 Å². The average molecular weight is 142 g/mol. The highest BCUT2D eigenvalue weighted by atomic mass is 16.1. The molecule has 0 N–H and O–H groups in total. The third-order valence-corrected chi connectivity index (χ3v) is 1.95. The van der Waals surface area contributed by atoms with E-state index in [1.165, 1.54) is 0 Å². The largest absolute Gasteiger partial charge is 0.299 e. The summed E-state index contributed by atoms with van der Waals surface area (Å²) in [5.41, 5.74) is -0.0799. The average Bonchev–Trinajstić information content (AvgIpc) is 1.86. The molecule has 0 spiro atoms. The monoisotopic (exact) mass is 142 g/mol. The van der Waals surface area contributed by atoms with Crippen molar-refractivity contribution in [2.45, 2.75) is 47.0 Å². The van der Waals surface area contributed by atoms with Gasteiger partial charge >= 0.3 is 0 Å². The Morgan fingerprint density at radius 1 is 1.30 bits per heavy atom. The zero-order chi connectivity index (χ0) is 8.20. The van der Waals surface area contributed by atoms with Gasteiger partial charge in [0.2, 0.25) is 0 Å². The van der Waals surface area contributed by atoms with Crippen LogP contribution in [0.2, 0.25) is 0 Å². The number of hydrogen-bond acceptors (Lipinski definition) is 1. The van der Waals surface area contributed by atoms with Crippen LogP contribution in [0.15, 0.2) is 0 Å². The van der Waals surface area contributed by atoms with E-state index in [0.29, 0.717) is 12.2 Å². The SMILES string of the molecule is CCCC(C)(C)C(=O)CC. The topological polar surface area (TPSA) is 17.1 Å². The molecule has 0 aromatic heterocycles. The summed E-state index contributed by atoms with van der Waals surface area (Å²) in [6, 6.07) is 0. The molecular weight excluding hydrogens is 124 g/mol. The van der Waals surface area contributed by atoms with Gasteiger partial charge in [-0.25, -0.2) is 0 Å². The zero-order valence-corrected chi connectivity index (χ0v) is 7.53. The number of ketones is 1. The van der Waals surface area contributed by atoms with Crippen molar-refractivity contribution in [3.8, 4) is 0 Å². The van der Waals surface area contributed by atoms with Crippen molar-refractivity contribution in [2.24, 2.45) is 5.41 Å². The van der Waals surface area contributed by atoms with Crippen LogP contribution in [0.1, 0.15) is 47.0 Å². The molecule has 0 atom stereocenters. The number of rotatable bonds is 4. The Labute approximate surface area is 63.8 Å². The van der Waals surface area contributed by atoms with Crippen LogP contribution in [0.5, 0.6) is 0 Å². The normalized spacial score (nSPS) is 11.6. The van der Waals surface area contributed by atoms with Crippen molar-refractivity contribution >= 4 is 5.78 Å². The maximum Gasteiger partial charge on any atom is 0.138 e. The van der Waals surface area contributed by atoms with Gasteiger partial charge in [-0.05, 0) is 6.42 Å². The Morgan fingerprint density at radius 2 is 1.80 bits per heavy atom. The summed E-state index contributed by atoms with van der Waals surface area (Å²) in [5, 5.41) is 0. The molecule has 0 amide bonds. The van der Waals surface area contributed by atoms with E-state index in [1.807, 2.05) is 20.8 Å². The third-order valence-electron chi connectivity index (χ3n) is 1.95. The minimum atomic E-state index is -0.0799. The van der Waals surface area contributed by atoms with Crippen molar-refractivity contribution in [1.82, 2.24) is 0 Å². The van der Waals surface area contributed by atoms with Gasteiger partial charge in [-0.1, -0.05) is 34.1 Å². The van der Waals surface area contributed by atoms with Crippen LogP contribution in [-0.2, 0) is 4.79 Å². The van der Waals surface area contributed by atoms with Gasteiger partial charge in [0.05, 0.1) is 0 Å². The van der Waals surface area contributed by atoms with Crippen LogP contribution < -0.4 is 0 Å². The molecule has 0 aliphatic rings. The highest BCUT2D eigenvalue weighted by Gasteiger charge is 2.23. The molecule has 1 heteroatoms. The van der Waals surface area contributed by atoms with E-state index in [2.05, 4.69) is 6.92 Å². The molecule has 0 aliphatic heterocycles. The summed E-state index contributed by atoms with van der Waals surface area (Å²) in [5.74, 6) is 0.384. The third kappa shape index (κ3) is 2.51. The minimum absolute atomic E-state index is 0.0799. The summed E-state index contributed by atoms with van der Waals surface area (Å²) in [6.45, 7) is 8.11. The first-order valence-corrected chi connectivity index (χ1v) is 4.08. The van der Waals surface area contributed by atoms with Crippen LogP contribution in [0.3, 0.4) is 0 Å². The lowest BCUT2D eigenvalue weighted by molar-refractivity contribution is -0.127.